The van der Waals surface area contributed by atoms with Crippen molar-refractivity contribution in [2.24, 2.45) is 7.05 Å². The highest BCUT2D eigenvalue weighted by molar-refractivity contribution is 5.96. The van der Waals surface area contributed by atoms with Crippen molar-refractivity contribution in [1.29, 1.82) is 0 Å². The van der Waals surface area contributed by atoms with Gasteiger partial charge < -0.3 is 19.9 Å². The number of nitrogens with one attached hydrogen (secondary N) is 1. The lowest BCUT2D eigenvalue weighted by molar-refractivity contribution is -0.137. The van der Waals surface area contributed by atoms with Crippen molar-refractivity contribution in [2.75, 3.05) is 10.2 Å². The van der Waals surface area contributed by atoms with E-state index in [1.54, 1.807) is 65.5 Å². The van der Waals surface area contributed by atoms with Crippen LogP contribution in [0.3, 0.4) is 0 Å². The molecule has 4 amide bonds. The second-order valence-corrected chi connectivity index (χ2v) is 16.4. The fourth-order valence-electron chi connectivity index (χ4n) is 6.89. The number of ether oxygens (including phenoxy) is 2. The number of halogens is 3. The SMILES string of the molecule is CCc1cc(-c2cc(NC(=O)C(C)c3cccc(C(F)(F)F)c3)nn2C)cc2cnc(N(C(=O)O)C3CCC(N(C(=O)OC(C)(C)C)C(=O)OC(C)(C)C)CC3)nc12. The van der Waals surface area contributed by atoms with Crippen LogP contribution in [0.5, 0.6) is 0 Å². The molecule has 0 bridgehead atoms. The summed E-state index contributed by atoms with van der Waals surface area (Å²) in [4.78, 5) is 63.7. The molecule has 1 fully saturated rings. The Labute approximate surface area is 334 Å². The first-order valence-electron chi connectivity index (χ1n) is 19.0. The van der Waals surface area contributed by atoms with Crippen molar-refractivity contribution >= 4 is 46.9 Å². The Bertz CT molecular complexity index is 2160. The fourth-order valence-corrected chi connectivity index (χ4v) is 6.89. The van der Waals surface area contributed by atoms with Gasteiger partial charge in [0, 0.05) is 42.3 Å². The largest absolute Gasteiger partial charge is 0.465 e. The molecule has 17 heteroatoms. The summed E-state index contributed by atoms with van der Waals surface area (Å²) in [6.45, 7) is 13.6. The molecule has 2 aromatic carbocycles. The topological polar surface area (TPSA) is 169 Å². The van der Waals surface area contributed by atoms with Gasteiger partial charge in [-0.1, -0.05) is 25.1 Å². The number of aromatic nitrogens is 4. The molecule has 1 aliphatic rings. The minimum absolute atomic E-state index is 0.0116. The molecule has 0 aliphatic heterocycles. The molecule has 2 N–H and O–H groups in total. The van der Waals surface area contributed by atoms with E-state index in [2.05, 4.69) is 15.4 Å². The van der Waals surface area contributed by atoms with E-state index in [0.29, 0.717) is 48.7 Å². The van der Waals surface area contributed by atoms with Gasteiger partial charge >= 0.3 is 24.5 Å². The number of hydrogen-bond acceptors (Lipinski definition) is 9. The Morgan fingerprint density at radius 3 is 2.09 bits per heavy atom. The van der Waals surface area contributed by atoms with E-state index < -0.39 is 65.1 Å². The zero-order valence-electron chi connectivity index (χ0n) is 34.1. The molecule has 14 nitrogen and oxygen atoms in total. The minimum Gasteiger partial charge on any atom is -0.465 e. The van der Waals surface area contributed by atoms with Crippen LogP contribution in [0.15, 0.2) is 48.7 Å². The van der Waals surface area contributed by atoms with Crippen LogP contribution in [-0.2, 0) is 33.9 Å². The number of imide groups is 1. The number of amides is 4. The average Bonchev–Trinajstić information content (AvgIpc) is 3.48. The van der Waals surface area contributed by atoms with Crippen molar-refractivity contribution in [3.8, 4) is 11.3 Å². The number of carboxylic acid groups (broad SMARTS) is 1. The molecule has 58 heavy (non-hydrogen) atoms. The van der Waals surface area contributed by atoms with E-state index in [1.807, 2.05) is 19.1 Å². The minimum atomic E-state index is -4.54. The van der Waals surface area contributed by atoms with Gasteiger partial charge in [-0.25, -0.2) is 34.2 Å². The standard InChI is InChI=1S/C41H50F3N7O7/c1-10-24-18-26(31-21-32(48-49(31)9)46-34(52)23(2)25-12-11-13-28(20-25)41(42,43)44)19-27-22-45-35(47-33(24)27)50(36(53)54)29-14-16-30(17-15-29)51(37(55)57-39(3,4)5)38(56)58-40(6,7)8/h11-13,18-23,29-30H,10,14-17H2,1-9H3,(H,53,54)(H,46,48,52). The molecular weight excluding hydrogens is 759 g/mol. The molecule has 2 aromatic heterocycles. The molecule has 0 spiro atoms. The number of anilines is 2. The third-order valence-electron chi connectivity index (χ3n) is 9.66. The number of nitrogens with zero attached hydrogens (tertiary/aromatic N) is 6. The predicted octanol–water partition coefficient (Wildman–Crippen LogP) is 9.32. The maximum Gasteiger partial charge on any atom is 0.420 e. The average molecular weight is 810 g/mol. The Morgan fingerprint density at radius 1 is 0.931 bits per heavy atom. The van der Waals surface area contributed by atoms with Gasteiger partial charge in [-0.15, -0.1) is 0 Å². The molecule has 0 saturated heterocycles. The number of benzene rings is 2. The molecule has 1 unspecified atom stereocenters. The summed E-state index contributed by atoms with van der Waals surface area (Å²) in [5.41, 5.74) is 0.322. The van der Waals surface area contributed by atoms with Crippen LogP contribution in [-0.4, -0.2) is 77.2 Å². The number of carbonyl (C=O) groups is 4. The highest BCUT2D eigenvalue weighted by Crippen LogP contribution is 2.35. The highest BCUT2D eigenvalue weighted by atomic mass is 19.4. The zero-order valence-corrected chi connectivity index (χ0v) is 34.1. The van der Waals surface area contributed by atoms with Crippen LogP contribution in [0.1, 0.15) is 104 Å². The van der Waals surface area contributed by atoms with Crippen LogP contribution < -0.4 is 10.2 Å². The second-order valence-electron chi connectivity index (χ2n) is 16.4. The Hall–Kier alpha value is -5.74. The quantitative estimate of drug-likeness (QED) is 0.175. The molecule has 1 aliphatic carbocycles. The van der Waals surface area contributed by atoms with Gasteiger partial charge in [-0.3, -0.25) is 9.48 Å². The maximum absolute atomic E-state index is 13.3. The van der Waals surface area contributed by atoms with Crippen LogP contribution >= 0.6 is 0 Å². The van der Waals surface area contributed by atoms with Crippen molar-refractivity contribution in [3.63, 3.8) is 0 Å². The van der Waals surface area contributed by atoms with E-state index in [-0.39, 0.29) is 17.3 Å². The van der Waals surface area contributed by atoms with Crippen molar-refractivity contribution in [2.45, 2.75) is 123 Å². The molecule has 1 saturated carbocycles. The Balaban J connectivity index is 1.35. The lowest BCUT2D eigenvalue weighted by atomic mass is 9.89. The van der Waals surface area contributed by atoms with Gasteiger partial charge in [0.15, 0.2) is 5.82 Å². The van der Waals surface area contributed by atoms with Gasteiger partial charge in [-0.05, 0) is 110 Å². The normalized spacial score (nSPS) is 16.7. The first-order valence-corrected chi connectivity index (χ1v) is 19.0. The summed E-state index contributed by atoms with van der Waals surface area (Å²) in [5, 5.41) is 18.2. The fraction of sp³-hybridized carbons (Fsp3) is 0.488. The maximum atomic E-state index is 13.3. The highest BCUT2D eigenvalue weighted by Gasteiger charge is 2.41. The van der Waals surface area contributed by atoms with E-state index in [9.17, 15) is 37.5 Å². The summed E-state index contributed by atoms with van der Waals surface area (Å²) < 4.78 is 52.5. The lowest BCUT2D eigenvalue weighted by Gasteiger charge is -2.38. The first-order chi connectivity index (χ1) is 27.0. The number of aryl methyl sites for hydroxylation is 2. The molecule has 0 radical (unpaired) electrons. The first kappa shape index (κ1) is 43.4. The van der Waals surface area contributed by atoms with Crippen LogP contribution in [0.2, 0.25) is 0 Å². The van der Waals surface area contributed by atoms with E-state index >= 15 is 0 Å². The van der Waals surface area contributed by atoms with Crippen molar-refractivity contribution in [1.82, 2.24) is 24.6 Å². The van der Waals surface area contributed by atoms with Crippen molar-refractivity contribution < 1.29 is 46.9 Å². The monoisotopic (exact) mass is 809 g/mol. The van der Waals surface area contributed by atoms with Gasteiger partial charge in [-0.2, -0.15) is 18.3 Å². The number of carbonyl (C=O) groups excluding carboxylic acids is 3. The molecule has 1 atom stereocenters. The Kier molecular flexibility index (Phi) is 12.4. The van der Waals surface area contributed by atoms with Gasteiger partial charge in [0.1, 0.15) is 11.2 Å². The third-order valence-corrected chi connectivity index (χ3v) is 9.66. The summed E-state index contributed by atoms with van der Waals surface area (Å²) in [7, 11) is 1.69. The van der Waals surface area contributed by atoms with Crippen molar-refractivity contribution in [3.05, 3.63) is 65.4 Å². The third kappa shape index (κ3) is 10.2. The number of rotatable bonds is 8. The molecule has 5 rings (SSSR count). The van der Waals surface area contributed by atoms with E-state index in [0.717, 1.165) is 33.1 Å². The number of fused-ring (bicyclic) bond motifs is 1. The summed E-state index contributed by atoms with van der Waals surface area (Å²) in [6, 6.07) is 8.88. The molecular formula is C41H50F3N7O7. The lowest BCUT2D eigenvalue weighted by Crippen LogP contribution is -2.52. The predicted molar refractivity (Wildman–Crippen MR) is 210 cm³/mol. The van der Waals surface area contributed by atoms with Gasteiger partial charge in [0.2, 0.25) is 11.9 Å². The smallest absolute Gasteiger partial charge is 0.420 e. The van der Waals surface area contributed by atoms with E-state index in [1.165, 1.54) is 19.1 Å². The summed E-state index contributed by atoms with van der Waals surface area (Å²) in [5.74, 6) is -1.23. The van der Waals surface area contributed by atoms with Gasteiger partial charge in [0.05, 0.1) is 22.7 Å². The summed E-state index contributed by atoms with van der Waals surface area (Å²) >= 11 is 0. The Morgan fingerprint density at radius 2 is 1.53 bits per heavy atom. The van der Waals surface area contributed by atoms with Crippen LogP contribution in [0.4, 0.5) is 39.3 Å². The van der Waals surface area contributed by atoms with Crippen LogP contribution in [0.25, 0.3) is 22.2 Å². The zero-order chi connectivity index (χ0) is 42.9. The molecule has 4 aromatic rings. The van der Waals surface area contributed by atoms with Crippen LogP contribution in [0, 0.1) is 0 Å². The number of alkyl halides is 3. The summed E-state index contributed by atoms with van der Waals surface area (Å²) in [6.07, 6.45) is -4.19. The number of hydrogen-bond donors (Lipinski definition) is 2. The van der Waals surface area contributed by atoms with E-state index in [4.69, 9.17) is 14.5 Å². The van der Waals surface area contributed by atoms with Gasteiger partial charge in [0.25, 0.3) is 0 Å². The molecule has 2 heterocycles. The molecule has 312 valence electrons. The second kappa shape index (κ2) is 16.6.